The highest BCUT2D eigenvalue weighted by atomic mass is 32.2. The van der Waals surface area contributed by atoms with Crippen molar-refractivity contribution in [3.8, 4) is 6.07 Å². The fourth-order valence-electron chi connectivity index (χ4n) is 2.61. The summed E-state index contributed by atoms with van der Waals surface area (Å²) in [5, 5.41) is 17.7. The topological polar surface area (TPSA) is 78.2 Å². The summed E-state index contributed by atoms with van der Waals surface area (Å²) < 4.78 is 36.9. The Balaban J connectivity index is 2.46. The van der Waals surface area contributed by atoms with Gasteiger partial charge in [-0.15, -0.1) is 0 Å². The zero-order chi connectivity index (χ0) is 14.3. The molecule has 0 bridgehead atoms. The van der Waals surface area contributed by atoms with E-state index < -0.39 is 38.8 Å². The normalized spacial score (nSPS) is 29.8. The second kappa shape index (κ2) is 4.58. The first-order valence-electron chi connectivity index (χ1n) is 5.92. The van der Waals surface area contributed by atoms with Crippen LogP contribution in [0, 0.1) is 22.6 Å². The van der Waals surface area contributed by atoms with Gasteiger partial charge in [0.2, 0.25) is 0 Å². The maximum Gasteiger partial charge on any atom is 0.155 e. The molecule has 0 amide bonds. The standard InChI is InChI=1S/C13H14FNO3S/c1-2-19(17,18)12-11(13(12,7-15)8-16)9-3-5-10(14)6-4-9/h3-6,11-12,16H,2,8H2,1H3/t11-,12+,13-/m0/s1. The minimum Gasteiger partial charge on any atom is -0.395 e. The first kappa shape index (κ1) is 14.0. The number of hydrogen-bond donors (Lipinski definition) is 1. The Morgan fingerprint density at radius 2 is 2.00 bits per heavy atom. The monoisotopic (exact) mass is 283 g/mol. The Bertz CT molecular complexity index is 620. The fourth-order valence-corrected chi connectivity index (χ4v) is 4.62. The fraction of sp³-hybridized carbons (Fsp3) is 0.462. The molecule has 6 heteroatoms. The zero-order valence-electron chi connectivity index (χ0n) is 10.4. The minimum atomic E-state index is -3.44. The van der Waals surface area contributed by atoms with Crippen LogP contribution < -0.4 is 0 Å². The minimum absolute atomic E-state index is 0.0845. The number of nitrogens with zero attached hydrogens (tertiary/aromatic N) is 1. The molecule has 19 heavy (non-hydrogen) atoms. The smallest absolute Gasteiger partial charge is 0.155 e. The Kier molecular flexibility index (Phi) is 3.37. The van der Waals surface area contributed by atoms with Gasteiger partial charge in [-0.05, 0) is 17.7 Å². The van der Waals surface area contributed by atoms with E-state index in [0.717, 1.165) is 0 Å². The molecule has 1 saturated carbocycles. The lowest BCUT2D eigenvalue weighted by molar-refractivity contribution is 0.242. The Morgan fingerprint density at radius 3 is 2.42 bits per heavy atom. The Hall–Kier alpha value is -1.45. The summed E-state index contributed by atoms with van der Waals surface area (Å²) in [7, 11) is -3.44. The summed E-state index contributed by atoms with van der Waals surface area (Å²) in [5.41, 5.74) is -0.730. The van der Waals surface area contributed by atoms with Crippen LogP contribution in [0.15, 0.2) is 24.3 Å². The molecule has 1 fully saturated rings. The second-order valence-corrected chi connectivity index (χ2v) is 7.12. The predicted octanol–water partition coefficient (Wildman–Crippen LogP) is 1.23. The second-order valence-electron chi connectivity index (χ2n) is 4.71. The number of halogens is 1. The van der Waals surface area contributed by atoms with Gasteiger partial charge in [-0.1, -0.05) is 19.1 Å². The van der Waals surface area contributed by atoms with Gasteiger partial charge < -0.3 is 5.11 Å². The van der Waals surface area contributed by atoms with E-state index in [9.17, 15) is 23.2 Å². The molecule has 0 spiro atoms. The average Bonchev–Trinajstić information content (AvgIpc) is 3.10. The third-order valence-corrected chi connectivity index (χ3v) is 6.02. The number of aliphatic hydroxyl groups excluding tert-OH is 1. The van der Waals surface area contributed by atoms with Gasteiger partial charge in [-0.3, -0.25) is 0 Å². The SMILES string of the molecule is CCS(=O)(=O)[C@@H]1[C@H](c2ccc(F)cc2)[C@]1(C#N)CO. The molecule has 0 heterocycles. The molecule has 0 saturated heterocycles. The van der Waals surface area contributed by atoms with Crippen LogP contribution in [-0.4, -0.2) is 31.1 Å². The van der Waals surface area contributed by atoms with Gasteiger partial charge in [0.1, 0.15) is 11.2 Å². The molecule has 0 unspecified atom stereocenters. The summed E-state index contributed by atoms with van der Waals surface area (Å²) in [4.78, 5) is 0. The lowest BCUT2D eigenvalue weighted by Gasteiger charge is -2.03. The van der Waals surface area contributed by atoms with Crippen LogP contribution in [0.25, 0.3) is 0 Å². The lowest BCUT2D eigenvalue weighted by atomic mass is 10.0. The molecule has 1 N–H and O–H groups in total. The zero-order valence-corrected chi connectivity index (χ0v) is 11.2. The molecule has 102 valence electrons. The third-order valence-electron chi connectivity index (χ3n) is 3.74. The van der Waals surface area contributed by atoms with E-state index in [1.165, 1.54) is 31.2 Å². The number of sulfone groups is 1. The summed E-state index contributed by atoms with van der Waals surface area (Å²) in [6, 6.07) is 7.31. The molecule has 4 nitrogen and oxygen atoms in total. The van der Waals surface area contributed by atoms with Crippen molar-refractivity contribution < 1.29 is 17.9 Å². The van der Waals surface area contributed by atoms with Crippen molar-refractivity contribution in [3.05, 3.63) is 35.6 Å². The number of rotatable bonds is 4. The van der Waals surface area contributed by atoms with E-state index in [4.69, 9.17) is 0 Å². The number of hydrogen-bond acceptors (Lipinski definition) is 4. The third kappa shape index (κ3) is 2.03. The highest BCUT2D eigenvalue weighted by Crippen LogP contribution is 2.62. The molecule has 2 rings (SSSR count). The lowest BCUT2D eigenvalue weighted by Crippen LogP contribution is -2.19. The van der Waals surface area contributed by atoms with Crippen LogP contribution in [0.4, 0.5) is 4.39 Å². The largest absolute Gasteiger partial charge is 0.395 e. The van der Waals surface area contributed by atoms with Crippen molar-refractivity contribution in [2.24, 2.45) is 5.41 Å². The molecule has 1 aromatic carbocycles. The highest BCUT2D eigenvalue weighted by molar-refractivity contribution is 7.92. The van der Waals surface area contributed by atoms with Crippen molar-refractivity contribution in [3.63, 3.8) is 0 Å². The van der Waals surface area contributed by atoms with Crippen LogP contribution >= 0.6 is 0 Å². The summed E-state index contributed by atoms with van der Waals surface area (Å²) in [5.74, 6) is -1.10. The van der Waals surface area contributed by atoms with Crippen LogP contribution in [0.1, 0.15) is 18.4 Å². The molecule has 1 aliphatic carbocycles. The molecular weight excluding hydrogens is 269 g/mol. The first-order valence-corrected chi connectivity index (χ1v) is 7.63. The average molecular weight is 283 g/mol. The maximum atomic E-state index is 12.9. The Labute approximate surface area is 111 Å². The van der Waals surface area contributed by atoms with Gasteiger partial charge in [-0.2, -0.15) is 5.26 Å². The van der Waals surface area contributed by atoms with Gasteiger partial charge >= 0.3 is 0 Å². The van der Waals surface area contributed by atoms with Crippen molar-refractivity contribution >= 4 is 9.84 Å². The molecule has 1 aromatic rings. The summed E-state index contributed by atoms with van der Waals surface area (Å²) >= 11 is 0. The van der Waals surface area contributed by atoms with Crippen molar-refractivity contribution in [2.45, 2.75) is 18.1 Å². The number of nitriles is 1. The van der Waals surface area contributed by atoms with Gasteiger partial charge in [-0.25, -0.2) is 12.8 Å². The quantitative estimate of drug-likeness (QED) is 0.901. The maximum absolute atomic E-state index is 12.9. The van der Waals surface area contributed by atoms with E-state index in [1.807, 2.05) is 6.07 Å². The van der Waals surface area contributed by atoms with E-state index in [-0.39, 0.29) is 5.75 Å². The molecule has 1 aliphatic rings. The highest BCUT2D eigenvalue weighted by Gasteiger charge is 2.71. The van der Waals surface area contributed by atoms with Crippen molar-refractivity contribution in [2.75, 3.05) is 12.4 Å². The van der Waals surface area contributed by atoms with Crippen LogP contribution in [0.5, 0.6) is 0 Å². The Morgan fingerprint density at radius 1 is 1.42 bits per heavy atom. The number of aliphatic hydroxyl groups is 1. The van der Waals surface area contributed by atoms with E-state index in [2.05, 4.69) is 0 Å². The number of benzene rings is 1. The van der Waals surface area contributed by atoms with Crippen LogP contribution in [0.3, 0.4) is 0 Å². The van der Waals surface area contributed by atoms with E-state index in [0.29, 0.717) is 5.56 Å². The summed E-state index contributed by atoms with van der Waals surface area (Å²) in [6.07, 6.45) is 0. The van der Waals surface area contributed by atoms with Crippen molar-refractivity contribution in [1.29, 1.82) is 5.26 Å². The molecule has 0 aromatic heterocycles. The van der Waals surface area contributed by atoms with Crippen LogP contribution in [0.2, 0.25) is 0 Å². The van der Waals surface area contributed by atoms with Crippen molar-refractivity contribution in [1.82, 2.24) is 0 Å². The van der Waals surface area contributed by atoms with Gasteiger partial charge in [0.25, 0.3) is 0 Å². The summed E-state index contributed by atoms with van der Waals surface area (Å²) in [6.45, 7) is 0.990. The molecule has 3 atom stereocenters. The first-order chi connectivity index (χ1) is 8.93. The van der Waals surface area contributed by atoms with Gasteiger partial charge in [0, 0.05) is 11.7 Å². The van der Waals surface area contributed by atoms with E-state index >= 15 is 0 Å². The van der Waals surface area contributed by atoms with Gasteiger partial charge in [0.05, 0.1) is 17.9 Å². The predicted molar refractivity (Wildman–Crippen MR) is 67.5 cm³/mol. The molecular formula is C13H14FNO3S. The van der Waals surface area contributed by atoms with E-state index in [1.54, 1.807) is 0 Å². The molecule has 0 radical (unpaired) electrons. The molecule has 0 aliphatic heterocycles. The van der Waals surface area contributed by atoms with Gasteiger partial charge in [0.15, 0.2) is 9.84 Å². The van der Waals surface area contributed by atoms with Crippen LogP contribution in [-0.2, 0) is 9.84 Å².